The molecule has 0 radical (unpaired) electrons. The first kappa shape index (κ1) is 19.8. The normalized spacial score (nSPS) is 11.1. The van der Waals surface area contributed by atoms with Gasteiger partial charge in [-0.1, -0.05) is 12.1 Å². The zero-order valence-corrected chi connectivity index (χ0v) is 14.2. The Labute approximate surface area is 159 Å². The highest BCUT2D eigenvalue weighted by Gasteiger charge is 2.31. The zero-order valence-electron chi connectivity index (χ0n) is 14.2. The molecule has 0 bridgehead atoms. The molecule has 3 aromatic rings. The van der Waals surface area contributed by atoms with Crippen molar-refractivity contribution in [2.45, 2.75) is 6.18 Å². The van der Waals surface area contributed by atoms with Gasteiger partial charge < -0.3 is 4.98 Å². The van der Waals surface area contributed by atoms with E-state index in [1.165, 1.54) is 18.2 Å². The van der Waals surface area contributed by atoms with Crippen LogP contribution in [0.25, 0.3) is 22.4 Å². The second-order valence-electron chi connectivity index (χ2n) is 5.91. The van der Waals surface area contributed by atoms with Gasteiger partial charge in [0.1, 0.15) is 17.4 Å². The summed E-state index contributed by atoms with van der Waals surface area (Å²) in [6.07, 6.45) is -4.76. The number of H-pyrrole nitrogens is 1. The summed E-state index contributed by atoms with van der Waals surface area (Å²) in [5, 5.41) is 20.2. The zero-order chi connectivity index (χ0) is 21.3. The summed E-state index contributed by atoms with van der Waals surface area (Å²) in [7, 11) is 0. The Morgan fingerprint density at radius 1 is 1.07 bits per heavy atom. The van der Waals surface area contributed by atoms with Crippen molar-refractivity contribution in [2.24, 2.45) is 0 Å². The van der Waals surface area contributed by atoms with E-state index in [4.69, 9.17) is 0 Å². The lowest BCUT2D eigenvalue weighted by atomic mass is 9.97. The second kappa shape index (κ2) is 7.20. The molecule has 0 amide bonds. The number of alkyl halides is 3. The standard InChI is InChI=1S/C19H9F4N3O3/c20-16-5-4-11(19(21,22)23)7-14(16)13-8-17(25-18(27)15(13)9-24)10-2-1-3-12(6-10)26(28)29/h1-8H,(H,25,27). The van der Waals surface area contributed by atoms with Crippen molar-refractivity contribution >= 4 is 5.69 Å². The Kier molecular flexibility index (Phi) is 4.90. The molecular formula is C19H9F4N3O3. The number of hydrogen-bond acceptors (Lipinski definition) is 4. The topological polar surface area (TPSA) is 99.8 Å². The lowest BCUT2D eigenvalue weighted by Crippen LogP contribution is -2.13. The Morgan fingerprint density at radius 2 is 1.79 bits per heavy atom. The third-order valence-corrected chi connectivity index (χ3v) is 4.10. The van der Waals surface area contributed by atoms with Gasteiger partial charge in [-0.15, -0.1) is 0 Å². The monoisotopic (exact) mass is 403 g/mol. The van der Waals surface area contributed by atoms with Crippen LogP contribution < -0.4 is 5.56 Å². The molecule has 2 aromatic carbocycles. The molecule has 0 aliphatic rings. The summed E-state index contributed by atoms with van der Waals surface area (Å²) in [6, 6.07) is 9.39. The number of nitriles is 1. The fourth-order valence-electron chi connectivity index (χ4n) is 2.73. The molecule has 0 aliphatic carbocycles. The Hall–Kier alpha value is -4.00. The quantitative estimate of drug-likeness (QED) is 0.391. The molecular weight excluding hydrogens is 394 g/mol. The highest BCUT2D eigenvalue weighted by Crippen LogP contribution is 2.35. The SMILES string of the molecule is N#Cc1c(-c2cc(C(F)(F)F)ccc2F)cc(-c2cccc([N+](=O)[O-])c2)[nH]c1=O. The minimum absolute atomic E-state index is 0.0236. The van der Waals surface area contributed by atoms with Crippen LogP contribution in [0.5, 0.6) is 0 Å². The maximum Gasteiger partial charge on any atom is 0.416 e. The van der Waals surface area contributed by atoms with Gasteiger partial charge in [-0.25, -0.2) is 4.39 Å². The van der Waals surface area contributed by atoms with E-state index in [0.717, 1.165) is 12.1 Å². The molecule has 0 spiro atoms. The summed E-state index contributed by atoms with van der Waals surface area (Å²) < 4.78 is 53.4. The molecule has 1 N–H and O–H groups in total. The number of aromatic nitrogens is 1. The Morgan fingerprint density at radius 3 is 2.41 bits per heavy atom. The van der Waals surface area contributed by atoms with Crippen LogP contribution in [0, 0.1) is 27.3 Å². The minimum Gasteiger partial charge on any atom is -0.321 e. The molecule has 0 aliphatic heterocycles. The van der Waals surface area contributed by atoms with Gasteiger partial charge in [0, 0.05) is 34.5 Å². The molecule has 146 valence electrons. The first-order chi connectivity index (χ1) is 13.6. The van der Waals surface area contributed by atoms with Crippen LogP contribution in [0.15, 0.2) is 53.3 Å². The lowest BCUT2D eigenvalue weighted by Gasteiger charge is -2.12. The molecule has 1 aromatic heterocycles. The van der Waals surface area contributed by atoms with Crippen LogP contribution in [0.1, 0.15) is 11.1 Å². The number of non-ortho nitro benzene ring substituents is 1. The van der Waals surface area contributed by atoms with Crippen molar-refractivity contribution in [3.05, 3.63) is 85.9 Å². The molecule has 0 saturated carbocycles. The van der Waals surface area contributed by atoms with E-state index in [9.17, 15) is 37.7 Å². The third kappa shape index (κ3) is 3.84. The number of halogens is 4. The van der Waals surface area contributed by atoms with Gasteiger partial charge in [-0.3, -0.25) is 14.9 Å². The van der Waals surface area contributed by atoms with E-state index < -0.39 is 39.2 Å². The highest BCUT2D eigenvalue weighted by atomic mass is 19.4. The molecule has 10 heteroatoms. The van der Waals surface area contributed by atoms with Crippen LogP contribution >= 0.6 is 0 Å². The number of aromatic amines is 1. The maximum atomic E-state index is 14.3. The second-order valence-corrected chi connectivity index (χ2v) is 5.91. The van der Waals surface area contributed by atoms with Crippen LogP contribution in [-0.2, 0) is 6.18 Å². The molecule has 6 nitrogen and oxygen atoms in total. The van der Waals surface area contributed by atoms with Gasteiger partial charge >= 0.3 is 6.18 Å². The summed E-state index contributed by atoms with van der Waals surface area (Å²) in [5.74, 6) is -1.06. The number of nitrogens with one attached hydrogen (secondary N) is 1. The first-order valence-corrected chi connectivity index (χ1v) is 7.91. The van der Waals surface area contributed by atoms with Crippen molar-refractivity contribution in [1.82, 2.24) is 4.98 Å². The molecule has 0 atom stereocenters. The molecule has 0 saturated heterocycles. The Bertz CT molecular complexity index is 1230. The Balaban J connectivity index is 2.29. The van der Waals surface area contributed by atoms with E-state index in [-0.39, 0.29) is 22.5 Å². The fraction of sp³-hybridized carbons (Fsp3) is 0.0526. The number of nitrogens with zero attached hydrogens (tertiary/aromatic N) is 2. The number of benzene rings is 2. The number of nitro benzene ring substituents is 1. The first-order valence-electron chi connectivity index (χ1n) is 7.91. The smallest absolute Gasteiger partial charge is 0.321 e. The van der Waals surface area contributed by atoms with Crippen molar-refractivity contribution in [3.63, 3.8) is 0 Å². The van der Waals surface area contributed by atoms with Crippen LogP contribution in [-0.4, -0.2) is 9.91 Å². The number of nitro groups is 1. The van der Waals surface area contributed by atoms with Crippen LogP contribution in [0.4, 0.5) is 23.2 Å². The van der Waals surface area contributed by atoms with Crippen molar-refractivity contribution in [3.8, 4) is 28.5 Å². The predicted octanol–water partition coefficient (Wildman–Crippen LogP) is 4.65. The predicted molar refractivity (Wildman–Crippen MR) is 94.3 cm³/mol. The minimum atomic E-state index is -4.76. The van der Waals surface area contributed by atoms with E-state index in [1.54, 1.807) is 6.07 Å². The fourth-order valence-corrected chi connectivity index (χ4v) is 2.73. The van der Waals surface area contributed by atoms with Gasteiger partial charge in [0.25, 0.3) is 11.2 Å². The van der Waals surface area contributed by atoms with Crippen LogP contribution in [0.2, 0.25) is 0 Å². The average Bonchev–Trinajstić information content (AvgIpc) is 2.67. The summed E-state index contributed by atoms with van der Waals surface area (Å²) in [4.78, 5) is 24.9. The molecule has 0 fully saturated rings. The molecule has 0 unspecified atom stereocenters. The number of rotatable bonds is 3. The van der Waals surface area contributed by atoms with Crippen molar-refractivity contribution in [2.75, 3.05) is 0 Å². The van der Waals surface area contributed by atoms with Gasteiger partial charge in [0.05, 0.1) is 10.5 Å². The van der Waals surface area contributed by atoms with Gasteiger partial charge in [-0.2, -0.15) is 18.4 Å². The van der Waals surface area contributed by atoms with Crippen molar-refractivity contribution < 1.29 is 22.5 Å². The average molecular weight is 403 g/mol. The van der Waals surface area contributed by atoms with E-state index >= 15 is 0 Å². The van der Waals surface area contributed by atoms with Crippen LogP contribution in [0.3, 0.4) is 0 Å². The van der Waals surface area contributed by atoms with E-state index in [2.05, 4.69) is 4.98 Å². The van der Waals surface area contributed by atoms with Gasteiger partial charge in [0.15, 0.2) is 0 Å². The largest absolute Gasteiger partial charge is 0.416 e. The summed E-state index contributed by atoms with van der Waals surface area (Å²) in [6.45, 7) is 0. The molecule has 3 rings (SSSR count). The molecule has 1 heterocycles. The van der Waals surface area contributed by atoms with E-state index in [1.807, 2.05) is 0 Å². The van der Waals surface area contributed by atoms with Gasteiger partial charge in [-0.05, 0) is 24.3 Å². The number of hydrogen-bond donors (Lipinski definition) is 1. The number of pyridine rings is 1. The summed E-state index contributed by atoms with van der Waals surface area (Å²) >= 11 is 0. The van der Waals surface area contributed by atoms with E-state index in [0.29, 0.717) is 18.2 Å². The van der Waals surface area contributed by atoms with Gasteiger partial charge in [0.2, 0.25) is 0 Å². The molecule has 29 heavy (non-hydrogen) atoms. The lowest BCUT2D eigenvalue weighted by molar-refractivity contribution is -0.384. The highest BCUT2D eigenvalue weighted by molar-refractivity contribution is 5.76. The summed E-state index contributed by atoms with van der Waals surface area (Å²) in [5.41, 5.74) is -3.82. The maximum absolute atomic E-state index is 14.3. The van der Waals surface area contributed by atoms with Crippen molar-refractivity contribution in [1.29, 1.82) is 5.26 Å². The third-order valence-electron chi connectivity index (χ3n) is 4.10.